The summed E-state index contributed by atoms with van der Waals surface area (Å²) >= 11 is 0. The molecule has 2 aliphatic rings. The molecule has 1 atom stereocenters. The summed E-state index contributed by atoms with van der Waals surface area (Å²) in [5.74, 6) is 2.08. The van der Waals surface area contributed by atoms with Crippen molar-refractivity contribution in [1.82, 2.24) is 14.5 Å². The average Bonchev–Trinajstić information content (AvgIpc) is 3.51. The maximum Gasteiger partial charge on any atom is 0.228 e. The van der Waals surface area contributed by atoms with E-state index in [4.69, 9.17) is 4.74 Å². The highest BCUT2D eigenvalue weighted by atomic mass is 16.5. The Balaban J connectivity index is 1.16. The third-order valence-corrected chi connectivity index (χ3v) is 6.99. The molecule has 0 spiro atoms. The quantitative estimate of drug-likeness (QED) is 0.563. The van der Waals surface area contributed by atoms with Crippen molar-refractivity contribution in [2.45, 2.75) is 25.8 Å². The number of carbonyl (C=O) groups is 2. The molecule has 1 unspecified atom stereocenters. The molecule has 7 nitrogen and oxygen atoms in total. The van der Waals surface area contributed by atoms with Crippen molar-refractivity contribution in [2.24, 2.45) is 11.8 Å². The summed E-state index contributed by atoms with van der Waals surface area (Å²) < 4.78 is 7.42. The molecule has 176 valence electrons. The fourth-order valence-electron chi connectivity index (χ4n) is 5.06. The summed E-state index contributed by atoms with van der Waals surface area (Å²) in [4.78, 5) is 34.0. The van der Waals surface area contributed by atoms with Gasteiger partial charge in [-0.3, -0.25) is 9.59 Å². The minimum Gasteiger partial charge on any atom is -0.497 e. The first-order valence-electron chi connectivity index (χ1n) is 11.9. The molecule has 0 aliphatic carbocycles. The van der Waals surface area contributed by atoms with Gasteiger partial charge in [0.1, 0.15) is 11.6 Å². The van der Waals surface area contributed by atoms with Gasteiger partial charge >= 0.3 is 0 Å². The van der Waals surface area contributed by atoms with E-state index >= 15 is 0 Å². The Bertz CT molecular complexity index is 1130. The first-order valence-corrected chi connectivity index (χ1v) is 11.9. The van der Waals surface area contributed by atoms with E-state index in [1.807, 2.05) is 59.8 Å². The Kier molecular flexibility index (Phi) is 6.34. The first kappa shape index (κ1) is 22.2. The van der Waals surface area contributed by atoms with Gasteiger partial charge in [0.05, 0.1) is 13.0 Å². The van der Waals surface area contributed by atoms with Gasteiger partial charge in [-0.05, 0) is 43.0 Å². The lowest BCUT2D eigenvalue weighted by Crippen LogP contribution is -2.43. The second kappa shape index (κ2) is 9.71. The Labute approximate surface area is 200 Å². The number of hydrogen-bond donors (Lipinski definition) is 0. The fourth-order valence-corrected chi connectivity index (χ4v) is 5.06. The SMILES string of the molecule is COc1ccc(N2CC(C(=O)N3CCC(Cn4ccnc4-c4ccccc4)CC3)CC2=O)cc1. The molecule has 0 saturated carbocycles. The van der Waals surface area contributed by atoms with Gasteiger partial charge in [-0.25, -0.2) is 4.98 Å². The topological polar surface area (TPSA) is 67.7 Å². The van der Waals surface area contributed by atoms with Crippen LogP contribution in [0.5, 0.6) is 5.75 Å². The molecule has 1 aromatic heterocycles. The van der Waals surface area contributed by atoms with Crippen LogP contribution in [0.3, 0.4) is 0 Å². The van der Waals surface area contributed by atoms with E-state index in [0.29, 0.717) is 12.5 Å². The summed E-state index contributed by atoms with van der Waals surface area (Å²) in [6.45, 7) is 2.83. The van der Waals surface area contributed by atoms with Crippen LogP contribution < -0.4 is 9.64 Å². The number of methoxy groups -OCH3 is 1. The zero-order valence-corrected chi connectivity index (χ0v) is 19.5. The third-order valence-electron chi connectivity index (χ3n) is 6.99. The van der Waals surface area contributed by atoms with Crippen LogP contribution >= 0.6 is 0 Å². The number of amides is 2. The van der Waals surface area contributed by atoms with E-state index in [1.54, 1.807) is 12.0 Å². The lowest BCUT2D eigenvalue weighted by Gasteiger charge is -2.33. The monoisotopic (exact) mass is 458 g/mol. The van der Waals surface area contributed by atoms with Crippen molar-refractivity contribution in [3.63, 3.8) is 0 Å². The summed E-state index contributed by atoms with van der Waals surface area (Å²) in [6, 6.07) is 17.7. The minimum atomic E-state index is -0.274. The van der Waals surface area contributed by atoms with Gasteiger partial charge in [0.25, 0.3) is 0 Å². The highest BCUT2D eigenvalue weighted by molar-refractivity contribution is 6.00. The van der Waals surface area contributed by atoms with E-state index in [1.165, 1.54) is 0 Å². The van der Waals surface area contributed by atoms with Crippen LogP contribution in [-0.4, -0.2) is 53.0 Å². The summed E-state index contributed by atoms with van der Waals surface area (Å²) in [7, 11) is 1.62. The molecule has 3 heterocycles. The molecule has 2 amide bonds. The Morgan fingerprint density at radius 2 is 1.79 bits per heavy atom. The largest absolute Gasteiger partial charge is 0.497 e. The number of benzene rings is 2. The molecule has 0 N–H and O–H groups in total. The lowest BCUT2D eigenvalue weighted by molar-refractivity contribution is -0.137. The maximum atomic E-state index is 13.2. The van der Waals surface area contributed by atoms with Gasteiger partial charge in [0.2, 0.25) is 11.8 Å². The maximum absolute atomic E-state index is 13.2. The number of aromatic nitrogens is 2. The number of nitrogens with zero attached hydrogens (tertiary/aromatic N) is 4. The summed E-state index contributed by atoms with van der Waals surface area (Å²) in [6.07, 6.45) is 6.09. The van der Waals surface area contributed by atoms with E-state index in [0.717, 1.165) is 55.3 Å². The number of imidazole rings is 1. The van der Waals surface area contributed by atoms with E-state index in [-0.39, 0.29) is 24.2 Å². The normalized spacial score (nSPS) is 19.0. The highest BCUT2D eigenvalue weighted by Crippen LogP contribution is 2.30. The summed E-state index contributed by atoms with van der Waals surface area (Å²) in [5.41, 5.74) is 1.93. The van der Waals surface area contributed by atoms with Gasteiger partial charge in [0, 0.05) is 56.2 Å². The number of ether oxygens (including phenoxy) is 1. The van der Waals surface area contributed by atoms with Crippen LogP contribution in [-0.2, 0) is 16.1 Å². The molecule has 2 fully saturated rings. The smallest absolute Gasteiger partial charge is 0.228 e. The third kappa shape index (κ3) is 4.55. The van der Waals surface area contributed by atoms with Gasteiger partial charge in [-0.2, -0.15) is 0 Å². The van der Waals surface area contributed by atoms with Crippen molar-refractivity contribution in [3.8, 4) is 17.1 Å². The molecule has 2 saturated heterocycles. The van der Waals surface area contributed by atoms with Gasteiger partial charge in [-0.1, -0.05) is 30.3 Å². The van der Waals surface area contributed by atoms with Crippen molar-refractivity contribution in [3.05, 3.63) is 67.0 Å². The zero-order chi connectivity index (χ0) is 23.5. The zero-order valence-electron chi connectivity index (χ0n) is 19.5. The number of carbonyl (C=O) groups excluding carboxylic acids is 2. The van der Waals surface area contributed by atoms with Crippen molar-refractivity contribution in [1.29, 1.82) is 0 Å². The van der Waals surface area contributed by atoms with Crippen LogP contribution in [0.4, 0.5) is 5.69 Å². The summed E-state index contributed by atoms with van der Waals surface area (Å²) in [5, 5.41) is 0. The molecule has 2 aromatic carbocycles. The molecule has 0 radical (unpaired) electrons. The van der Waals surface area contributed by atoms with Crippen molar-refractivity contribution in [2.75, 3.05) is 31.6 Å². The Hall–Kier alpha value is -3.61. The van der Waals surface area contributed by atoms with E-state index in [2.05, 4.69) is 21.7 Å². The second-order valence-electron chi connectivity index (χ2n) is 9.14. The van der Waals surface area contributed by atoms with Crippen LogP contribution in [0.25, 0.3) is 11.4 Å². The van der Waals surface area contributed by atoms with E-state index in [9.17, 15) is 9.59 Å². The molecular weight excluding hydrogens is 428 g/mol. The number of likely N-dealkylation sites (tertiary alicyclic amines) is 1. The molecule has 7 heteroatoms. The Morgan fingerprint density at radius 1 is 1.06 bits per heavy atom. The predicted molar refractivity (Wildman–Crippen MR) is 130 cm³/mol. The van der Waals surface area contributed by atoms with Crippen LogP contribution in [0, 0.1) is 11.8 Å². The van der Waals surface area contributed by atoms with Crippen molar-refractivity contribution >= 4 is 17.5 Å². The molecule has 3 aromatic rings. The highest BCUT2D eigenvalue weighted by Gasteiger charge is 2.38. The number of rotatable bonds is 6. The molecule has 5 rings (SSSR count). The first-order chi connectivity index (χ1) is 16.6. The average molecular weight is 459 g/mol. The number of hydrogen-bond acceptors (Lipinski definition) is 4. The lowest BCUT2D eigenvalue weighted by atomic mass is 9.95. The minimum absolute atomic E-state index is 0.00644. The molecule has 34 heavy (non-hydrogen) atoms. The number of piperidine rings is 1. The fraction of sp³-hybridized carbons (Fsp3) is 0.370. The van der Waals surface area contributed by atoms with Crippen LogP contribution in [0.2, 0.25) is 0 Å². The van der Waals surface area contributed by atoms with Gasteiger partial charge in [-0.15, -0.1) is 0 Å². The Morgan fingerprint density at radius 3 is 2.50 bits per heavy atom. The standard InChI is InChI=1S/C27H30N4O3/c1-34-24-9-7-23(8-10-24)31-19-22(17-25(31)32)27(33)29-14-11-20(12-15-29)18-30-16-13-28-26(30)21-5-3-2-4-6-21/h2-10,13,16,20,22H,11-12,14-15,17-19H2,1H3. The predicted octanol–water partition coefficient (Wildman–Crippen LogP) is 3.85. The number of anilines is 1. The van der Waals surface area contributed by atoms with E-state index < -0.39 is 0 Å². The van der Waals surface area contributed by atoms with Crippen LogP contribution in [0.1, 0.15) is 19.3 Å². The van der Waals surface area contributed by atoms with Crippen molar-refractivity contribution < 1.29 is 14.3 Å². The van der Waals surface area contributed by atoms with Crippen LogP contribution in [0.15, 0.2) is 67.0 Å². The van der Waals surface area contributed by atoms with Gasteiger partial charge in [0.15, 0.2) is 0 Å². The molecular formula is C27H30N4O3. The molecule has 0 bridgehead atoms. The molecule has 2 aliphatic heterocycles. The second-order valence-corrected chi connectivity index (χ2v) is 9.14. The van der Waals surface area contributed by atoms with Gasteiger partial charge < -0.3 is 19.1 Å².